The van der Waals surface area contributed by atoms with Gasteiger partial charge in [-0.25, -0.2) is 0 Å². The molecule has 0 radical (unpaired) electrons. The number of hydrogen-bond donors (Lipinski definition) is 1. The minimum Gasteiger partial charge on any atom is -0.320 e. The minimum atomic E-state index is 0. The molecule has 0 bridgehead atoms. The van der Waals surface area contributed by atoms with E-state index in [9.17, 15) is 0 Å². The van der Waals surface area contributed by atoms with Crippen LogP contribution in [0.4, 0.5) is 0 Å². The quantitative estimate of drug-likeness (QED) is 0.547. The summed E-state index contributed by atoms with van der Waals surface area (Å²) in [4.78, 5) is 0. The van der Waals surface area contributed by atoms with Crippen LogP contribution in [0.25, 0.3) is 10.8 Å². The summed E-state index contributed by atoms with van der Waals surface area (Å²) in [6.07, 6.45) is 1.00. The first-order valence-electron chi connectivity index (χ1n) is 7.78. The Kier molecular flexibility index (Phi) is 6.94. The number of nitrogens with one attached hydrogen (secondary N) is 1. The van der Waals surface area contributed by atoms with Crippen molar-refractivity contribution in [3.63, 3.8) is 0 Å². The van der Waals surface area contributed by atoms with Gasteiger partial charge in [-0.1, -0.05) is 71.7 Å². The first-order chi connectivity index (χ1) is 11.2. The van der Waals surface area contributed by atoms with E-state index < -0.39 is 0 Å². The highest BCUT2D eigenvalue weighted by Gasteiger charge is 2.17. The lowest BCUT2D eigenvalue weighted by atomic mass is 9.85. The van der Waals surface area contributed by atoms with Crippen molar-refractivity contribution in [3.05, 3.63) is 81.8 Å². The van der Waals surface area contributed by atoms with Crippen molar-refractivity contribution in [2.45, 2.75) is 12.3 Å². The van der Waals surface area contributed by atoms with Crippen LogP contribution in [-0.4, -0.2) is 13.6 Å². The van der Waals surface area contributed by atoms with Gasteiger partial charge in [0.25, 0.3) is 0 Å². The van der Waals surface area contributed by atoms with Crippen LogP contribution in [0.2, 0.25) is 10.0 Å². The van der Waals surface area contributed by atoms with Gasteiger partial charge in [0.15, 0.2) is 0 Å². The molecule has 0 saturated carbocycles. The highest BCUT2D eigenvalue weighted by Crippen LogP contribution is 2.35. The van der Waals surface area contributed by atoms with E-state index in [1.165, 1.54) is 21.9 Å². The maximum absolute atomic E-state index is 6.25. The van der Waals surface area contributed by atoms with Crippen molar-refractivity contribution < 1.29 is 0 Å². The number of benzene rings is 3. The first kappa shape index (κ1) is 19.1. The first-order valence-corrected chi connectivity index (χ1v) is 8.53. The zero-order chi connectivity index (χ0) is 16.2. The molecule has 0 heterocycles. The maximum Gasteiger partial charge on any atom is 0.0595 e. The van der Waals surface area contributed by atoms with Crippen molar-refractivity contribution >= 4 is 46.4 Å². The molecule has 4 heteroatoms. The highest BCUT2D eigenvalue weighted by molar-refractivity contribution is 6.42. The average molecular weight is 381 g/mol. The molecule has 0 spiro atoms. The largest absolute Gasteiger partial charge is 0.320 e. The minimum absolute atomic E-state index is 0. The number of hydrogen-bond acceptors (Lipinski definition) is 1. The van der Waals surface area contributed by atoms with Gasteiger partial charge in [0.2, 0.25) is 0 Å². The topological polar surface area (TPSA) is 12.0 Å². The zero-order valence-corrected chi connectivity index (χ0v) is 15.8. The fourth-order valence-corrected chi connectivity index (χ4v) is 3.38. The third-order valence-corrected chi connectivity index (χ3v) is 4.97. The molecule has 24 heavy (non-hydrogen) atoms. The summed E-state index contributed by atoms with van der Waals surface area (Å²) in [5.74, 6) is 0.281. The van der Waals surface area contributed by atoms with Crippen molar-refractivity contribution in [1.29, 1.82) is 0 Å². The Bertz CT molecular complexity index is 812. The Morgan fingerprint density at radius 2 is 1.67 bits per heavy atom. The molecule has 3 aromatic carbocycles. The van der Waals surface area contributed by atoms with Crippen LogP contribution in [0.3, 0.4) is 0 Å². The third kappa shape index (κ3) is 4.04. The van der Waals surface area contributed by atoms with Crippen molar-refractivity contribution in [3.8, 4) is 0 Å². The van der Waals surface area contributed by atoms with Crippen LogP contribution in [-0.2, 0) is 0 Å². The van der Waals surface area contributed by atoms with Crippen molar-refractivity contribution in [2.24, 2.45) is 0 Å². The van der Waals surface area contributed by atoms with E-state index >= 15 is 0 Å². The fraction of sp³-hybridized carbons (Fsp3) is 0.200. The van der Waals surface area contributed by atoms with Gasteiger partial charge in [-0.3, -0.25) is 0 Å². The van der Waals surface area contributed by atoms with Gasteiger partial charge in [-0.15, -0.1) is 12.4 Å². The van der Waals surface area contributed by atoms with Gasteiger partial charge in [0.05, 0.1) is 10.0 Å². The average Bonchev–Trinajstić information content (AvgIpc) is 2.58. The lowest BCUT2D eigenvalue weighted by molar-refractivity contribution is 0.664. The Balaban J connectivity index is 0.00000208. The molecule has 1 N–H and O–H groups in total. The Labute approximate surface area is 159 Å². The molecule has 0 unspecified atom stereocenters. The second-order valence-corrected chi connectivity index (χ2v) is 6.50. The van der Waals surface area contributed by atoms with Crippen LogP contribution >= 0.6 is 35.6 Å². The second kappa shape index (κ2) is 8.73. The molecule has 1 nitrogen and oxygen atoms in total. The van der Waals surface area contributed by atoms with Crippen LogP contribution in [0.1, 0.15) is 23.5 Å². The van der Waals surface area contributed by atoms with Gasteiger partial charge < -0.3 is 5.32 Å². The summed E-state index contributed by atoms with van der Waals surface area (Å²) >= 11 is 12.3. The third-order valence-electron chi connectivity index (χ3n) is 4.23. The van der Waals surface area contributed by atoms with Crippen LogP contribution < -0.4 is 5.32 Å². The van der Waals surface area contributed by atoms with Crippen molar-refractivity contribution in [2.75, 3.05) is 13.6 Å². The van der Waals surface area contributed by atoms with E-state index in [1.807, 2.05) is 19.2 Å². The summed E-state index contributed by atoms with van der Waals surface area (Å²) in [5, 5.41) is 7.02. The highest BCUT2D eigenvalue weighted by atomic mass is 35.5. The van der Waals surface area contributed by atoms with Gasteiger partial charge in [-0.05, 0) is 54.0 Å². The maximum atomic E-state index is 6.25. The van der Waals surface area contributed by atoms with E-state index in [0.29, 0.717) is 10.0 Å². The second-order valence-electron chi connectivity index (χ2n) is 5.69. The fourth-order valence-electron chi connectivity index (χ4n) is 3.07. The molecule has 0 aromatic heterocycles. The predicted octanol–water partition coefficient (Wildman–Crippen LogP) is 6.31. The Hall–Kier alpha value is -1.25. The number of rotatable bonds is 5. The van der Waals surface area contributed by atoms with E-state index in [0.717, 1.165) is 13.0 Å². The van der Waals surface area contributed by atoms with Crippen LogP contribution in [0.5, 0.6) is 0 Å². The summed E-state index contributed by atoms with van der Waals surface area (Å²) in [7, 11) is 1.98. The molecular weight excluding hydrogens is 361 g/mol. The van der Waals surface area contributed by atoms with Gasteiger partial charge in [0.1, 0.15) is 0 Å². The number of fused-ring (bicyclic) bond motifs is 1. The van der Waals surface area contributed by atoms with Gasteiger partial charge in [0, 0.05) is 5.92 Å². The Morgan fingerprint density at radius 1 is 0.917 bits per heavy atom. The molecule has 0 amide bonds. The molecule has 1 atom stereocenters. The van der Waals surface area contributed by atoms with E-state index in [-0.39, 0.29) is 18.3 Å². The molecular formula is C20H20Cl3N. The van der Waals surface area contributed by atoms with Crippen LogP contribution in [0.15, 0.2) is 60.7 Å². The van der Waals surface area contributed by atoms with Gasteiger partial charge in [-0.2, -0.15) is 0 Å². The molecule has 0 aliphatic carbocycles. The lowest BCUT2D eigenvalue weighted by Gasteiger charge is -2.20. The molecule has 0 saturated heterocycles. The molecule has 0 aliphatic heterocycles. The summed E-state index contributed by atoms with van der Waals surface area (Å²) in [6.45, 7) is 0.939. The monoisotopic (exact) mass is 379 g/mol. The Morgan fingerprint density at radius 3 is 2.42 bits per heavy atom. The van der Waals surface area contributed by atoms with Crippen molar-refractivity contribution in [1.82, 2.24) is 5.32 Å². The normalized spacial score (nSPS) is 12.0. The molecule has 126 valence electrons. The summed E-state index contributed by atoms with van der Waals surface area (Å²) in [5.41, 5.74) is 2.53. The summed E-state index contributed by atoms with van der Waals surface area (Å²) in [6, 6.07) is 21.0. The molecule has 0 fully saturated rings. The van der Waals surface area contributed by atoms with E-state index in [2.05, 4.69) is 53.8 Å². The lowest BCUT2D eigenvalue weighted by Crippen LogP contribution is -2.13. The number of halogens is 3. The van der Waals surface area contributed by atoms with E-state index in [4.69, 9.17) is 23.2 Å². The molecule has 3 aromatic rings. The predicted molar refractivity (Wildman–Crippen MR) is 108 cm³/mol. The van der Waals surface area contributed by atoms with Crippen LogP contribution in [0, 0.1) is 0 Å². The summed E-state index contributed by atoms with van der Waals surface area (Å²) < 4.78 is 0. The zero-order valence-electron chi connectivity index (χ0n) is 13.4. The SMILES string of the molecule is CNCC[C@H](c1ccc(Cl)c(Cl)c1)c1cccc2ccccc12.Cl. The standard InChI is InChI=1S/C20H19Cl2N.ClH/c1-23-12-11-17(15-9-10-19(21)20(22)13-15)18-8-4-6-14-5-2-3-7-16(14)18;/h2-10,13,17,23H,11-12H2,1H3;1H/t17-;/m1./s1. The van der Waals surface area contributed by atoms with Gasteiger partial charge >= 0.3 is 0 Å². The smallest absolute Gasteiger partial charge is 0.0595 e. The van der Waals surface area contributed by atoms with E-state index in [1.54, 1.807) is 0 Å². The molecule has 3 rings (SSSR count). The molecule has 0 aliphatic rings.